The SMILES string of the molecule is Cl.Cl.Oc1ccc([C@H](C2CCCCC2)N2CCNCC2)cc1F. The molecule has 1 aliphatic carbocycles. The first-order valence-corrected chi connectivity index (χ1v) is 8.19. The summed E-state index contributed by atoms with van der Waals surface area (Å²) in [4.78, 5) is 2.50. The molecule has 6 heteroatoms. The number of nitrogens with zero attached hydrogens (tertiary/aromatic N) is 1. The molecule has 1 aromatic carbocycles. The Morgan fingerprint density at radius 3 is 2.35 bits per heavy atom. The molecule has 0 radical (unpaired) electrons. The second-order valence-electron chi connectivity index (χ2n) is 6.34. The van der Waals surface area contributed by atoms with Gasteiger partial charge in [0.2, 0.25) is 0 Å². The van der Waals surface area contributed by atoms with Crippen molar-refractivity contribution in [2.24, 2.45) is 5.92 Å². The summed E-state index contributed by atoms with van der Waals surface area (Å²) >= 11 is 0. The summed E-state index contributed by atoms with van der Waals surface area (Å²) in [6.07, 6.45) is 6.37. The average molecular weight is 365 g/mol. The highest BCUT2D eigenvalue weighted by atomic mass is 35.5. The van der Waals surface area contributed by atoms with Crippen molar-refractivity contribution in [3.8, 4) is 5.75 Å². The Morgan fingerprint density at radius 1 is 1.09 bits per heavy atom. The number of aromatic hydroxyl groups is 1. The Kier molecular flexibility index (Phi) is 8.62. The molecule has 3 rings (SSSR count). The van der Waals surface area contributed by atoms with E-state index >= 15 is 0 Å². The molecule has 2 aliphatic rings. The highest BCUT2D eigenvalue weighted by Crippen LogP contribution is 2.39. The fourth-order valence-corrected chi connectivity index (χ4v) is 3.90. The van der Waals surface area contributed by atoms with Gasteiger partial charge in [-0.3, -0.25) is 4.90 Å². The zero-order chi connectivity index (χ0) is 14.7. The lowest BCUT2D eigenvalue weighted by molar-refractivity contribution is 0.103. The van der Waals surface area contributed by atoms with Crippen LogP contribution in [-0.4, -0.2) is 36.2 Å². The Balaban J connectivity index is 0.00000132. The summed E-state index contributed by atoms with van der Waals surface area (Å²) < 4.78 is 13.8. The van der Waals surface area contributed by atoms with Gasteiger partial charge in [0.05, 0.1) is 0 Å². The van der Waals surface area contributed by atoms with Crippen molar-refractivity contribution in [1.29, 1.82) is 0 Å². The van der Waals surface area contributed by atoms with Crippen molar-refractivity contribution >= 4 is 24.8 Å². The standard InChI is InChI=1S/C17H25FN2O.2ClH/c18-15-12-14(6-7-16(15)21)17(13-4-2-1-3-5-13)20-10-8-19-9-11-20;;/h6-7,12-13,17,19,21H,1-5,8-11H2;2*1H/t17-;;/m0../s1. The van der Waals surface area contributed by atoms with Crippen molar-refractivity contribution in [3.63, 3.8) is 0 Å². The minimum absolute atomic E-state index is 0. The number of halogens is 3. The molecule has 0 spiro atoms. The fraction of sp³-hybridized carbons (Fsp3) is 0.647. The molecule has 23 heavy (non-hydrogen) atoms. The third-order valence-electron chi connectivity index (χ3n) is 4.95. The average Bonchev–Trinajstić information content (AvgIpc) is 2.53. The van der Waals surface area contributed by atoms with Crippen LogP contribution in [0, 0.1) is 11.7 Å². The molecule has 0 unspecified atom stereocenters. The summed E-state index contributed by atoms with van der Waals surface area (Å²) in [5.41, 5.74) is 1.03. The highest BCUT2D eigenvalue weighted by molar-refractivity contribution is 5.85. The van der Waals surface area contributed by atoms with E-state index in [-0.39, 0.29) is 30.6 Å². The van der Waals surface area contributed by atoms with E-state index in [9.17, 15) is 9.50 Å². The Labute approximate surface area is 150 Å². The minimum Gasteiger partial charge on any atom is -0.505 e. The second kappa shape index (κ2) is 9.67. The monoisotopic (exact) mass is 364 g/mol. The maximum absolute atomic E-state index is 13.8. The quantitative estimate of drug-likeness (QED) is 0.853. The fourth-order valence-electron chi connectivity index (χ4n) is 3.90. The van der Waals surface area contributed by atoms with Crippen LogP contribution in [0.5, 0.6) is 5.75 Å². The molecule has 2 fully saturated rings. The van der Waals surface area contributed by atoms with Gasteiger partial charge in [-0.15, -0.1) is 24.8 Å². The van der Waals surface area contributed by atoms with E-state index in [2.05, 4.69) is 10.2 Å². The van der Waals surface area contributed by atoms with Crippen LogP contribution in [0.2, 0.25) is 0 Å². The first-order valence-electron chi connectivity index (χ1n) is 8.19. The zero-order valence-corrected chi connectivity index (χ0v) is 15.0. The van der Waals surface area contributed by atoms with Crippen LogP contribution in [-0.2, 0) is 0 Å². The van der Waals surface area contributed by atoms with Gasteiger partial charge in [-0.25, -0.2) is 4.39 Å². The van der Waals surface area contributed by atoms with E-state index in [1.165, 1.54) is 44.2 Å². The number of hydrogen-bond acceptors (Lipinski definition) is 3. The van der Waals surface area contributed by atoms with Crippen LogP contribution in [0.4, 0.5) is 4.39 Å². The summed E-state index contributed by atoms with van der Waals surface area (Å²) in [7, 11) is 0. The molecular weight excluding hydrogens is 338 g/mol. The van der Waals surface area contributed by atoms with Gasteiger partial charge in [0.15, 0.2) is 11.6 Å². The molecule has 0 bridgehead atoms. The molecular formula is C17H27Cl2FN2O. The van der Waals surface area contributed by atoms with Crippen molar-refractivity contribution < 1.29 is 9.50 Å². The maximum Gasteiger partial charge on any atom is 0.165 e. The normalized spacial score (nSPS) is 21.1. The van der Waals surface area contributed by atoms with Crippen molar-refractivity contribution in [3.05, 3.63) is 29.6 Å². The Bertz CT molecular complexity index is 460. The van der Waals surface area contributed by atoms with Crippen LogP contribution < -0.4 is 5.32 Å². The van der Waals surface area contributed by atoms with Crippen LogP contribution >= 0.6 is 24.8 Å². The third kappa shape index (κ3) is 4.96. The maximum atomic E-state index is 13.8. The number of rotatable bonds is 3. The lowest BCUT2D eigenvalue weighted by Crippen LogP contribution is -2.47. The molecule has 1 aliphatic heterocycles. The third-order valence-corrected chi connectivity index (χ3v) is 4.95. The second-order valence-corrected chi connectivity index (χ2v) is 6.34. The molecule has 3 nitrogen and oxygen atoms in total. The van der Waals surface area contributed by atoms with Crippen molar-refractivity contribution in [2.45, 2.75) is 38.1 Å². The van der Waals surface area contributed by atoms with Crippen molar-refractivity contribution in [2.75, 3.05) is 26.2 Å². The van der Waals surface area contributed by atoms with Crippen LogP contribution in [0.15, 0.2) is 18.2 Å². The molecule has 132 valence electrons. The van der Waals surface area contributed by atoms with Crippen LogP contribution in [0.3, 0.4) is 0 Å². The van der Waals surface area contributed by atoms with Gasteiger partial charge in [-0.2, -0.15) is 0 Å². The molecule has 2 N–H and O–H groups in total. The number of phenolic OH excluding ortho intramolecular Hbond substituents is 1. The molecule has 1 aromatic rings. The lowest BCUT2D eigenvalue weighted by Gasteiger charge is -2.41. The summed E-state index contributed by atoms with van der Waals surface area (Å²) in [6.45, 7) is 4.04. The molecule has 0 amide bonds. The number of nitrogens with one attached hydrogen (secondary N) is 1. The minimum atomic E-state index is -0.497. The first-order chi connectivity index (χ1) is 10.3. The van der Waals surface area contributed by atoms with Crippen LogP contribution in [0.25, 0.3) is 0 Å². The van der Waals surface area contributed by atoms with E-state index in [4.69, 9.17) is 0 Å². The molecule has 1 heterocycles. The highest BCUT2D eigenvalue weighted by Gasteiger charge is 2.31. The van der Waals surface area contributed by atoms with Crippen LogP contribution in [0.1, 0.15) is 43.7 Å². The van der Waals surface area contributed by atoms with Gasteiger partial charge >= 0.3 is 0 Å². The summed E-state index contributed by atoms with van der Waals surface area (Å²) in [6, 6.07) is 5.24. The van der Waals surface area contributed by atoms with Gasteiger partial charge < -0.3 is 10.4 Å². The van der Waals surface area contributed by atoms with E-state index in [1.807, 2.05) is 6.07 Å². The molecule has 1 saturated heterocycles. The molecule has 0 aromatic heterocycles. The predicted molar refractivity (Wildman–Crippen MR) is 96.3 cm³/mol. The van der Waals surface area contributed by atoms with Gasteiger partial charge in [-0.05, 0) is 36.5 Å². The largest absolute Gasteiger partial charge is 0.505 e. The summed E-state index contributed by atoms with van der Waals surface area (Å²) in [5, 5.41) is 12.8. The Hall–Kier alpha value is -0.550. The van der Waals surface area contributed by atoms with Gasteiger partial charge in [-0.1, -0.05) is 25.3 Å². The molecule has 1 atom stereocenters. The van der Waals surface area contributed by atoms with E-state index in [0.29, 0.717) is 12.0 Å². The van der Waals surface area contributed by atoms with Gasteiger partial charge in [0.1, 0.15) is 0 Å². The number of hydrogen-bond donors (Lipinski definition) is 2. The Morgan fingerprint density at radius 2 is 1.74 bits per heavy atom. The van der Waals surface area contributed by atoms with E-state index in [1.54, 1.807) is 0 Å². The van der Waals surface area contributed by atoms with E-state index < -0.39 is 5.82 Å². The number of phenols is 1. The first kappa shape index (κ1) is 20.5. The number of piperazine rings is 1. The van der Waals surface area contributed by atoms with Gasteiger partial charge in [0.25, 0.3) is 0 Å². The van der Waals surface area contributed by atoms with Gasteiger partial charge in [0, 0.05) is 32.2 Å². The topological polar surface area (TPSA) is 35.5 Å². The van der Waals surface area contributed by atoms with E-state index in [0.717, 1.165) is 31.7 Å². The predicted octanol–water partition coefficient (Wildman–Crippen LogP) is 3.90. The molecule has 1 saturated carbocycles. The van der Waals surface area contributed by atoms with Crippen molar-refractivity contribution in [1.82, 2.24) is 10.2 Å². The smallest absolute Gasteiger partial charge is 0.165 e. The lowest BCUT2D eigenvalue weighted by atomic mass is 9.80. The summed E-state index contributed by atoms with van der Waals surface area (Å²) in [5.74, 6) is -0.134. The zero-order valence-electron chi connectivity index (χ0n) is 13.3. The number of benzene rings is 1.